The molecule has 0 radical (unpaired) electrons. The number of hydrogen-bond acceptors (Lipinski definition) is 10. The Balaban J connectivity index is 1.99. The highest BCUT2D eigenvalue weighted by molar-refractivity contribution is 7.93. The average molecular weight is 535 g/mol. The van der Waals surface area contributed by atoms with E-state index in [4.69, 9.17) is 4.74 Å². The molecule has 1 aromatic heterocycles. The Morgan fingerprint density at radius 3 is 2.54 bits per heavy atom. The number of nitrogens with one attached hydrogen (secondary N) is 1. The normalized spacial score (nSPS) is 16.9. The summed E-state index contributed by atoms with van der Waals surface area (Å²) in [6.45, 7) is 9.53. The number of nitrogens with zero attached hydrogens (tertiary/aromatic N) is 5. The molecule has 1 aromatic carbocycles. The maximum absolute atomic E-state index is 13.1. The van der Waals surface area contributed by atoms with E-state index in [1.807, 2.05) is 18.7 Å². The molecule has 1 aliphatic heterocycles. The number of aryl methyl sites for hydroxylation is 1. The summed E-state index contributed by atoms with van der Waals surface area (Å²) >= 11 is 0.773. The predicted molar refractivity (Wildman–Crippen MR) is 125 cm³/mol. The minimum Gasteiger partial charge on any atom is -0.455 e. The number of hydrogen-bond donors (Lipinski definition) is 1. The first-order valence-corrected chi connectivity index (χ1v) is 12.9. The minimum absolute atomic E-state index is 0.0583. The molecule has 192 valence electrons. The van der Waals surface area contributed by atoms with Crippen LogP contribution in [-0.2, 0) is 21.2 Å². The van der Waals surface area contributed by atoms with Crippen molar-refractivity contribution >= 4 is 49.5 Å². The van der Waals surface area contributed by atoms with Gasteiger partial charge in [0.25, 0.3) is 5.13 Å². The number of anilines is 2. The van der Waals surface area contributed by atoms with E-state index in [2.05, 4.69) is 20.4 Å². The van der Waals surface area contributed by atoms with Crippen molar-refractivity contribution < 1.29 is 31.1 Å². The van der Waals surface area contributed by atoms with E-state index in [-0.39, 0.29) is 27.6 Å². The SMILES string of the molecule is CCN1c2cc(NS(=O)(=O)C(F)(F)F)c(N=Nc3nnc(C(=O)OC(C)(C)C)s3)cc2CCC1C. The van der Waals surface area contributed by atoms with E-state index in [1.165, 1.54) is 12.1 Å². The molecule has 1 aliphatic rings. The van der Waals surface area contributed by atoms with Crippen molar-refractivity contribution in [3.8, 4) is 0 Å². The predicted octanol–water partition coefficient (Wildman–Crippen LogP) is 5.33. The standard InChI is InChI=1S/C20H25F3N6O4S2/c1-6-29-11(2)7-8-12-9-13(14(10-15(12)29)28-35(31,32)20(21,22)23)24-26-18-27-25-16(34-18)17(30)33-19(3,4)5/h9-11,28H,6-8H2,1-5H3. The van der Waals surface area contributed by atoms with Crippen LogP contribution in [-0.4, -0.2) is 48.3 Å². The van der Waals surface area contributed by atoms with Crippen LogP contribution in [0.25, 0.3) is 0 Å². The van der Waals surface area contributed by atoms with E-state index in [1.54, 1.807) is 25.5 Å². The number of benzene rings is 1. The molecular formula is C20H25F3N6O4S2. The minimum atomic E-state index is -5.70. The van der Waals surface area contributed by atoms with E-state index in [0.29, 0.717) is 18.7 Å². The highest BCUT2D eigenvalue weighted by Crippen LogP contribution is 2.40. The Bertz CT molecular complexity index is 1240. The Labute approximate surface area is 204 Å². The van der Waals surface area contributed by atoms with E-state index >= 15 is 0 Å². The molecule has 0 bridgehead atoms. The zero-order valence-electron chi connectivity index (χ0n) is 19.7. The number of rotatable bonds is 6. The number of ether oxygens (including phenoxy) is 1. The van der Waals surface area contributed by atoms with Gasteiger partial charge in [0.1, 0.15) is 11.3 Å². The van der Waals surface area contributed by atoms with Gasteiger partial charge in [0.15, 0.2) is 0 Å². The number of aromatic nitrogens is 2. The third-order valence-electron chi connectivity index (χ3n) is 4.99. The number of azo groups is 1. The smallest absolute Gasteiger partial charge is 0.455 e. The zero-order valence-corrected chi connectivity index (χ0v) is 21.3. The first-order chi connectivity index (χ1) is 16.1. The number of fused-ring (bicyclic) bond motifs is 1. The van der Waals surface area contributed by atoms with Crippen LogP contribution in [0.5, 0.6) is 0 Å². The van der Waals surface area contributed by atoms with Gasteiger partial charge in [0.05, 0.1) is 5.69 Å². The Morgan fingerprint density at radius 2 is 1.94 bits per heavy atom. The molecular weight excluding hydrogens is 509 g/mol. The second kappa shape index (κ2) is 9.68. The van der Waals surface area contributed by atoms with Gasteiger partial charge in [-0.2, -0.15) is 21.6 Å². The first-order valence-electron chi connectivity index (χ1n) is 10.6. The number of halogens is 3. The highest BCUT2D eigenvalue weighted by atomic mass is 32.2. The quantitative estimate of drug-likeness (QED) is 0.392. The van der Waals surface area contributed by atoms with Crippen molar-refractivity contribution in [2.75, 3.05) is 16.2 Å². The number of carbonyl (C=O) groups is 1. The Kier molecular flexibility index (Phi) is 7.41. The fourth-order valence-corrected chi connectivity index (χ4v) is 4.56. The third kappa shape index (κ3) is 6.25. The molecule has 1 unspecified atom stereocenters. The van der Waals surface area contributed by atoms with E-state index in [9.17, 15) is 26.4 Å². The monoisotopic (exact) mass is 534 g/mol. The van der Waals surface area contributed by atoms with Gasteiger partial charge in [-0.3, -0.25) is 4.72 Å². The van der Waals surface area contributed by atoms with Crippen LogP contribution in [0.4, 0.5) is 35.4 Å². The van der Waals surface area contributed by atoms with Gasteiger partial charge in [-0.15, -0.1) is 20.4 Å². The van der Waals surface area contributed by atoms with Crippen LogP contribution in [0.1, 0.15) is 56.4 Å². The molecule has 3 rings (SSSR count). The summed E-state index contributed by atoms with van der Waals surface area (Å²) in [7, 11) is -5.70. The second-order valence-electron chi connectivity index (χ2n) is 8.81. The summed E-state index contributed by atoms with van der Waals surface area (Å²) in [5.41, 5.74) is -5.36. The first kappa shape index (κ1) is 26.8. The lowest BCUT2D eigenvalue weighted by Crippen LogP contribution is -2.37. The summed E-state index contributed by atoms with van der Waals surface area (Å²) in [5.74, 6) is -0.711. The highest BCUT2D eigenvalue weighted by Gasteiger charge is 2.46. The summed E-state index contributed by atoms with van der Waals surface area (Å²) < 4.78 is 69.6. The van der Waals surface area contributed by atoms with Crippen molar-refractivity contribution in [3.63, 3.8) is 0 Å². The lowest BCUT2D eigenvalue weighted by molar-refractivity contribution is -0.0429. The number of alkyl halides is 3. The zero-order chi connectivity index (χ0) is 26.2. The molecule has 0 saturated carbocycles. The van der Waals surface area contributed by atoms with Crippen molar-refractivity contribution in [1.82, 2.24) is 10.2 Å². The van der Waals surface area contributed by atoms with Gasteiger partial charge in [-0.1, -0.05) is 11.3 Å². The lowest BCUT2D eigenvalue weighted by atomic mass is 9.95. The lowest BCUT2D eigenvalue weighted by Gasteiger charge is -2.36. The van der Waals surface area contributed by atoms with Crippen molar-refractivity contribution in [2.45, 2.75) is 64.6 Å². The molecule has 1 atom stereocenters. The molecule has 0 saturated heterocycles. The maximum Gasteiger partial charge on any atom is 0.516 e. The molecule has 0 aliphatic carbocycles. The fourth-order valence-electron chi connectivity index (χ4n) is 3.45. The van der Waals surface area contributed by atoms with Crippen LogP contribution in [0.15, 0.2) is 22.4 Å². The van der Waals surface area contributed by atoms with Crippen LogP contribution < -0.4 is 9.62 Å². The van der Waals surface area contributed by atoms with Gasteiger partial charge >= 0.3 is 21.5 Å². The molecule has 2 aromatic rings. The summed E-state index contributed by atoms with van der Waals surface area (Å²) in [6, 6.07) is 2.95. The Hall–Kier alpha value is -2.81. The van der Waals surface area contributed by atoms with Crippen LogP contribution in [0.3, 0.4) is 0 Å². The van der Waals surface area contributed by atoms with Gasteiger partial charge in [-0.05, 0) is 65.2 Å². The molecule has 0 spiro atoms. The van der Waals surface area contributed by atoms with Gasteiger partial charge in [0.2, 0.25) is 5.01 Å². The topological polar surface area (TPSA) is 126 Å². The van der Waals surface area contributed by atoms with Crippen molar-refractivity contribution in [1.29, 1.82) is 0 Å². The number of esters is 1. The van der Waals surface area contributed by atoms with Crippen molar-refractivity contribution in [3.05, 3.63) is 22.7 Å². The fraction of sp³-hybridized carbons (Fsp3) is 0.550. The van der Waals surface area contributed by atoms with Gasteiger partial charge in [0, 0.05) is 18.3 Å². The third-order valence-corrected chi connectivity index (χ3v) is 6.88. The van der Waals surface area contributed by atoms with E-state index in [0.717, 1.165) is 23.3 Å². The molecule has 1 N–H and O–H groups in total. The molecule has 0 amide bonds. The molecule has 2 heterocycles. The van der Waals surface area contributed by atoms with Gasteiger partial charge < -0.3 is 9.64 Å². The number of carbonyl (C=O) groups excluding carboxylic acids is 1. The largest absolute Gasteiger partial charge is 0.516 e. The van der Waals surface area contributed by atoms with Crippen LogP contribution in [0.2, 0.25) is 0 Å². The molecule has 15 heteroatoms. The van der Waals surface area contributed by atoms with Crippen molar-refractivity contribution in [2.24, 2.45) is 10.2 Å². The van der Waals surface area contributed by atoms with Gasteiger partial charge in [-0.25, -0.2) is 4.79 Å². The second-order valence-corrected chi connectivity index (χ2v) is 11.4. The summed E-state index contributed by atoms with van der Waals surface area (Å²) in [4.78, 5) is 14.1. The Morgan fingerprint density at radius 1 is 1.26 bits per heavy atom. The van der Waals surface area contributed by atoms with Crippen LogP contribution >= 0.6 is 11.3 Å². The summed E-state index contributed by atoms with van der Waals surface area (Å²) in [6.07, 6.45) is 1.43. The van der Waals surface area contributed by atoms with E-state index < -0.39 is 27.1 Å². The number of sulfonamides is 1. The average Bonchev–Trinajstić information content (AvgIpc) is 3.19. The maximum atomic E-state index is 13.1. The molecule has 35 heavy (non-hydrogen) atoms. The summed E-state index contributed by atoms with van der Waals surface area (Å²) in [5, 5.41) is 15.1. The van der Waals surface area contributed by atoms with Crippen LogP contribution in [0, 0.1) is 0 Å². The molecule has 0 fully saturated rings. The molecule has 10 nitrogen and oxygen atoms in total.